The molecule has 3 rings (SSSR count). The number of aliphatic imine (C=N–C) groups is 2. The average Bonchev–Trinajstić information content (AvgIpc) is 2.76. The summed E-state index contributed by atoms with van der Waals surface area (Å²) in [6.07, 6.45) is 11.6. The summed E-state index contributed by atoms with van der Waals surface area (Å²) in [5, 5.41) is 21.0. The van der Waals surface area contributed by atoms with Crippen molar-refractivity contribution >= 4 is 12.4 Å². The normalized spacial score (nSPS) is 19.7. The monoisotopic (exact) mass is 406 g/mol. The molecule has 0 aromatic heterocycles. The van der Waals surface area contributed by atoms with Crippen LogP contribution in [0.25, 0.3) is 0 Å². The first kappa shape index (κ1) is 22.1. The molecule has 2 atom stereocenters. The van der Waals surface area contributed by atoms with Gasteiger partial charge in [-0.2, -0.15) is 0 Å². The number of hydrogen-bond acceptors (Lipinski definition) is 4. The molecule has 1 aliphatic rings. The zero-order valence-corrected chi connectivity index (χ0v) is 18.2. The highest BCUT2D eigenvalue weighted by atomic mass is 16.3. The molecular weight excluding hydrogens is 372 g/mol. The van der Waals surface area contributed by atoms with Crippen LogP contribution in [0.15, 0.2) is 46.4 Å². The van der Waals surface area contributed by atoms with E-state index in [-0.39, 0.29) is 12.1 Å². The molecule has 4 nitrogen and oxygen atoms in total. The van der Waals surface area contributed by atoms with Crippen LogP contribution < -0.4 is 0 Å². The number of hydrogen-bond donors (Lipinski definition) is 2. The summed E-state index contributed by atoms with van der Waals surface area (Å²) in [5.41, 5.74) is 3.50. The molecule has 0 spiro atoms. The van der Waals surface area contributed by atoms with Crippen LogP contribution in [0.1, 0.15) is 74.6 Å². The predicted octanol–water partition coefficient (Wildman–Crippen LogP) is 5.85. The lowest BCUT2D eigenvalue weighted by atomic mass is 9.91. The number of benzene rings is 2. The third kappa shape index (κ3) is 5.50. The Hall–Kier alpha value is -2.62. The topological polar surface area (TPSA) is 65.2 Å². The van der Waals surface area contributed by atoms with Gasteiger partial charge in [-0.05, 0) is 48.9 Å². The molecule has 0 saturated heterocycles. The molecule has 0 amide bonds. The van der Waals surface area contributed by atoms with E-state index >= 15 is 0 Å². The molecule has 30 heavy (non-hydrogen) atoms. The van der Waals surface area contributed by atoms with Crippen LogP contribution in [0.2, 0.25) is 0 Å². The summed E-state index contributed by atoms with van der Waals surface area (Å²) in [7, 11) is 0. The Morgan fingerprint density at radius 1 is 0.767 bits per heavy atom. The largest absolute Gasteiger partial charge is 0.507 e. The van der Waals surface area contributed by atoms with Crippen LogP contribution in [0.5, 0.6) is 11.5 Å². The van der Waals surface area contributed by atoms with Gasteiger partial charge in [0.05, 0.1) is 12.1 Å². The summed E-state index contributed by atoms with van der Waals surface area (Å²) in [4.78, 5) is 9.63. The van der Waals surface area contributed by atoms with Gasteiger partial charge in [0.15, 0.2) is 0 Å². The van der Waals surface area contributed by atoms with Gasteiger partial charge in [-0.3, -0.25) is 9.98 Å². The Kier molecular flexibility index (Phi) is 8.06. The number of para-hydroxylation sites is 2. The van der Waals surface area contributed by atoms with Crippen molar-refractivity contribution in [2.24, 2.45) is 9.98 Å². The highest BCUT2D eigenvalue weighted by molar-refractivity contribution is 5.85. The van der Waals surface area contributed by atoms with E-state index in [1.807, 2.05) is 48.8 Å². The lowest BCUT2D eigenvalue weighted by Gasteiger charge is -2.25. The third-order valence-electron chi connectivity index (χ3n) is 5.84. The van der Waals surface area contributed by atoms with Crippen molar-refractivity contribution in [3.8, 4) is 11.5 Å². The smallest absolute Gasteiger partial charge is 0.127 e. The summed E-state index contributed by atoms with van der Waals surface area (Å²) >= 11 is 0. The highest BCUT2D eigenvalue weighted by Crippen LogP contribution is 2.27. The minimum absolute atomic E-state index is 0.102. The third-order valence-corrected chi connectivity index (χ3v) is 5.84. The molecule has 0 aliphatic heterocycles. The fraction of sp³-hybridized carbons (Fsp3) is 0.462. The van der Waals surface area contributed by atoms with Gasteiger partial charge in [0, 0.05) is 23.6 Å². The van der Waals surface area contributed by atoms with E-state index in [4.69, 9.17) is 9.98 Å². The van der Waals surface area contributed by atoms with Crippen molar-refractivity contribution in [2.45, 2.75) is 77.3 Å². The van der Waals surface area contributed by atoms with E-state index in [2.05, 4.69) is 13.8 Å². The van der Waals surface area contributed by atoms with E-state index in [0.29, 0.717) is 11.5 Å². The number of aryl methyl sites for hydroxylation is 2. The van der Waals surface area contributed by atoms with Gasteiger partial charge in [0.25, 0.3) is 0 Å². The van der Waals surface area contributed by atoms with E-state index < -0.39 is 0 Å². The second-order valence-electron chi connectivity index (χ2n) is 8.19. The van der Waals surface area contributed by atoms with Crippen LogP contribution >= 0.6 is 0 Å². The molecule has 1 aliphatic carbocycles. The van der Waals surface area contributed by atoms with Gasteiger partial charge in [0.1, 0.15) is 11.5 Å². The minimum Gasteiger partial charge on any atom is -0.507 e. The quantitative estimate of drug-likeness (QED) is 0.540. The molecule has 1 fully saturated rings. The van der Waals surface area contributed by atoms with Crippen LogP contribution in [0, 0.1) is 0 Å². The highest BCUT2D eigenvalue weighted by Gasteiger charge is 2.23. The van der Waals surface area contributed by atoms with Crippen molar-refractivity contribution in [1.82, 2.24) is 0 Å². The first-order chi connectivity index (χ1) is 14.6. The summed E-state index contributed by atoms with van der Waals surface area (Å²) in [5.74, 6) is 0.688. The maximum Gasteiger partial charge on any atom is 0.127 e. The number of nitrogens with zero attached hydrogens (tertiary/aromatic N) is 2. The Balaban J connectivity index is 1.76. The molecule has 4 heteroatoms. The molecule has 1 saturated carbocycles. The lowest BCUT2D eigenvalue weighted by molar-refractivity contribution is 0.390. The van der Waals surface area contributed by atoms with Crippen LogP contribution in [-0.4, -0.2) is 34.7 Å². The molecule has 0 unspecified atom stereocenters. The standard InChI is InChI=1S/C26H34N2O2/c1-3-9-19-11-7-13-21(25(19)29)17-27-23-15-5-6-16-24(23)28-18-22-14-8-12-20(10-4-2)26(22)30/h7-8,11-14,17-18,23-24,29-30H,3-6,9-10,15-16H2,1-2H3/t23-,24-/m0/s1. The Morgan fingerprint density at radius 2 is 1.20 bits per heavy atom. The van der Waals surface area contributed by atoms with Gasteiger partial charge in [-0.1, -0.05) is 63.8 Å². The summed E-state index contributed by atoms with van der Waals surface area (Å²) < 4.78 is 0. The number of rotatable bonds is 8. The Bertz CT molecular complexity index is 815. The fourth-order valence-corrected chi connectivity index (χ4v) is 4.16. The first-order valence-electron chi connectivity index (χ1n) is 11.3. The van der Waals surface area contributed by atoms with Gasteiger partial charge >= 0.3 is 0 Å². The first-order valence-corrected chi connectivity index (χ1v) is 11.3. The minimum atomic E-state index is 0.102. The zero-order chi connectivity index (χ0) is 21.3. The Labute approximate surface area is 180 Å². The number of phenolic OH excluding ortho intramolecular Hbond substituents is 2. The van der Waals surface area contributed by atoms with Gasteiger partial charge < -0.3 is 10.2 Å². The van der Waals surface area contributed by atoms with Crippen molar-refractivity contribution in [3.05, 3.63) is 58.7 Å². The van der Waals surface area contributed by atoms with Crippen molar-refractivity contribution in [1.29, 1.82) is 0 Å². The molecular formula is C26H34N2O2. The van der Waals surface area contributed by atoms with Gasteiger partial charge in [-0.25, -0.2) is 0 Å². The maximum absolute atomic E-state index is 10.5. The zero-order valence-electron chi connectivity index (χ0n) is 18.2. The van der Waals surface area contributed by atoms with Crippen LogP contribution in [0.3, 0.4) is 0 Å². The van der Waals surface area contributed by atoms with Crippen molar-refractivity contribution < 1.29 is 10.2 Å². The molecule has 2 aromatic carbocycles. The van der Waals surface area contributed by atoms with Crippen LogP contribution in [0.4, 0.5) is 0 Å². The van der Waals surface area contributed by atoms with Gasteiger partial charge in [0.2, 0.25) is 0 Å². The van der Waals surface area contributed by atoms with Gasteiger partial charge in [-0.15, -0.1) is 0 Å². The molecule has 0 heterocycles. The second kappa shape index (κ2) is 11.0. The Morgan fingerprint density at radius 3 is 1.60 bits per heavy atom. The molecule has 0 radical (unpaired) electrons. The van der Waals surface area contributed by atoms with E-state index in [9.17, 15) is 10.2 Å². The molecule has 2 aromatic rings. The van der Waals surface area contributed by atoms with Crippen LogP contribution in [-0.2, 0) is 12.8 Å². The van der Waals surface area contributed by atoms with E-state index in [0.717, 1.165) is 73.6 Å². The fourth-order valence-electron chi connectivity index (χ4n) is 4.16. The van der Waals surface area contributed by atoms with E-state index in [1.165, 1.54) is 0 Å². The predicted molar refractivity (Wildman–Crippen MR) is 125 cm³/mol. The molecule has 160 valence electrons. The average molecular weight is 407 g/mol. The van der Waals surface area contributed by atoms with E-state index in [1.54, 1.807) is 0 Å². The maximum atomic E-state index is 10.5. The summed E-state index contributed by atoms with van der Waals surface area (Å²) in [6, 6.07) is 11.9. The second-order valence-corrected chi connectivity index (χ2v) is 8.19. The SMILES string of the molecule is CCCc1cccc(C=N[C@H]2CCCC[C@@H]2N=Cc2cccc(CCC)c2O)c1O. The summed E-state index contributed by atoms with van der Waals surface area (Å²) in [6.45, 7) is 4.22. The molecule has 0 bridgehead atoms. The number of aromatic hydroxyl groups is 2. The molecule has 2 N–H and O–H groups in total. The van der Waals surface area contributed by atoms with Crippen molar-refractivity contribution in [2.75, 3.05) is 0 Å². The number of phenols is 2. The van der Waals surface area contributed by atoms with Crippen molar-refractivity contribution in [3.63, 3.8) is 0 Å². The lowest BCUT2D eigenvalue weighted by Crippen LogP contribution is -2.27.